The fraction of sp³-hybridized carbons (Fsp3) is 0.217. The van der Waals surface area contributed by atoms with Crippen molar-refractivity contribution in [3.8, 4) is 22.6 Å². The molecule has 0 bridgehead atoms. The number of H-pyrrole nitrogens is 1. The van der Waals surface area contributed by atoms with E-state index < -0.39 is 17.7 Å². The number of aromatic amines is 1. The molecule has 9 heteroatoms. The Morgan fingerprint density at radius 1 is 1.06 bits per heavy atom. The van der Waals surface area contributed by atoms with Crippen molar-refractivity contribution in [2.45, 2.75) is 31.5 Å². The lowest BCUT2D eigenvalue weighted by Gasteiger charge is -2.17. The van der Waals surface area contributed by atoms with E-state index in [9.17, 15) is 18.4 Å². The number of amides is 1. The number of aromatic nitrogens is 1. The molecule has 164 valence electrons. The molecule has 0 spiro atoms. The summed E-state index contributed by atoms with van der Waals surface area (Å²) in [6.45, 7) is 1.89. The molecule has 2 heterocycles. The number of carbonyl (C=O) groups is 2. The lowest BCUT2D eigenvalue weighted by molar-refractivity contribution is -0.286. The minimum Gasteiger partial charge on any atom is -0.477 e. The van der Waals surface area contributed by atoms with Gasteiger partial charge in [0, 0.05) is 17.4 Å². The number of hydrogen-bond acceptors (Lipinski definition) is 4. The molecule has 1 saturated carbocycles. The summed E-state index contributed by atoms with van der Waals surface area (Å²) in [7, 11) is 0. The summed E-state index contributed by atoms with van der Waals surface area (Å²) in [6, 6.07) is 11.3. The molecule has 1 aliphatic carbocycles. The Morgan fingerprint density at radius 2 is 1.81 bits per heavy atom. The summed E-state index contributed by atoms with van der Waals surface area (Å²) in [5.41, 5.74) is 2.75. The van der Waals surface area contributed by atoms with Crippen molar-refractivity contribution >= 4 is 17.6 Å². The lowest BCUT2D eigenvalue weighted by atomic mass is 9.94. The van der Waals surface area contributed by atoms with Crippen LogP contribution in [0.25, 0.3) is 11.1 Å². The van der Waals surface area contributed by atoms with Crippen molar-refractivity contribution in [3.63, 3.8) is 0 Å². The molecule has 32 heavy (non-hydrogen) atoms. The first-order valence-corrected chi connectivity index (χ1v) is 9.91. The van der Waals surface area contributed by atoms with Crippen LogP contribution in [-0.4, -0.2) is 28.3 Å². The van der Waals surface area contributed by atoms with Crippen LogP contribution in [0.1, 0.15) is 34.5 Å². The maximum atomic E-state index is 13.3. The van der Waals surface area contributed by atoms with Gasteiger partial charge in [-0.3, -0.25) is 4.79 Å². The fourth-order valence-corrected chi connectivity index (χ4v) is 3.95. The first kappa shape index (κ1) is 20.0. The molecular weight excluding hydrogens is 422 g/mol. The summed E-state index contributed by atoms with van der Waals surface area (Å²) in [4.78, 5) is 27.0. The normalized spacial score (nSPS) is 17.1. The van der Waals surface area contributed by atoms with Gasteiger partial charge in [-0.25, -0.2) is 4.79 Å². The van der Waals surface area contributed by atoms with Gasteiger partial charge in [-0.05, 0) is 66.8 Å². The number of fused-ring (bicyclic) bond motifs is 1. The predicted octanol–water partition coefficient (Wildman–Crippen LogP) is 4.68. The monoisotopic (exact) mass is 440 g/mol. The Kier molecular flexibility index (Phi) is 4.27. The van der Waals surface area contributed by atoms with E-state index in [0.717, 1.165) is 11.1 Å². The minimum atomic E-state index is -3.71. The van der Waals surface area contributed by atoms with Gasteiger partial charge < -0.3 is 24.9 Å². The van der Waals surface area contributed by atoms with Crippen molar-refractivity contribution in [1.29, 1.82) is 0 Å². The minimum absolute atomic E-state index is 0.0645. The number of carboxylic acids is 1. The van der Waals surface area contributed by atoms with Gasteiger partial charge in [0.2, 0.25) is 5.91 Å². The molecule has 2 aromatic carbocycles. The highest BCUT2D eigenvalue weighted by molar-refractivity contribution is 6.02. The zero-order valence-corrected chi connectivity index (χ0v) is 16.9. The molecule has 3 N–H and O–H groups in total. The highest BCUT2D eigenvalue weighted by atomic mass is 19.3. The predicted molar refractivity (Wildman–Crippen MR) is 110 cm³/mol. The van der Waals surface area contributed by atoms with Gasteiger partial charge in [-0.1, -0.05) is 12.1 Å². The van der Waals surface area contributed by atoms with Crippen LogP contribution in [0.3, 0.4) is 0 Å². The second-order valence-electron chi connectivity index (χ2n) is 8.00. The number of anilines is 1. The van der Waals surface area contributed by atoms with Crippen LogP contribution in [0, 0.1) is 6.92 Å². The Labute approximate surface area is 181 Å². The third-order valence-electron chi connectivity index (χ3n) is 5.86. The van der Waals surface area contributed by atoms with Gasteiger partial charge in [0.25, 0.3) is 0 Å². The van der Waals surface area contributed by atoms with Crippen LogP contribution >= 0.6 is 0 Å². The zero-order chi connectivity index (χ0) is 22.7. The van der Waals surface area contributed by atoms with Crippen LogP contribution in [-0.2, 0) is 10.2 Å². The number of rotatable bonds is 5. The van der Waals surface area contributed by atoms with Gasteiger partial charge in [0.1, 0.15) is 5.69 Å². The number of alkyl halides is 2. The zero-order valence-electron chi connectivity index (χ0n) is 16.9. The molecule has 1 fully saturated rings. The molecule has 0 saturated heterocycles. The summed E-state index contributed by atoms with van der Waals surface area (Å²) in [6.07, 6.45) is -0.958. The average molecular weight is 440 g/mol. The first-order valence-electron chi connectivity index (χ1n) is 9.91. The summed E-state index contributed by atoms with van der Waals surface area (Å²) >= 11 is 0. The number of halogens is 2. The van der Waals surface area contributed by atoms with Gasteiger partial charge in [0.15, 0.2) is 11.5 Å². The number of benzene rings is 2. The average Bonchev–Trinajstić information content (AvgIpc) is 3.28. The molecule has 7 nitrogen and oxygen atoms in total. The first-order chi connectivity index (χ1) is 15.2. The number of nitrogens with one attached hydrogen (secondary N) is 2. The lowest BCUT2D eigenvalue weighted by Crippen LogP contribution is -2.28. The van der Waals surface area contributed by atoms with E-state index in [1.807, 2.05) is 13.0 Å². The van der Waals surface area contributed by atoms with E-state index in [0.29, 0.717) is 29.7 Å². The van der Waals surface area contributed by atoms with E-state index in [1.54, 1.807) is 24.4 Å². The number of ether oxygens (including phenoxy) is 2. The molecule has 0 atom stereocenters. The third-order valence-corrected chi connectivity index (χ3v) is 5.86. The molecule has 1 aromatic heterocycles. The summed E-state index contributed by atoms with van der Waals surface area (Å²) in [5.74, 6) is -1.47. The molecule has 2 aliphatic rings. The molecule has 1 aliphatic heterocycles. The third kappa shape index (κ3) is 3.35. The Morgan fingerprint density at radius 3 is 2.50 bits per heavy atom. The summed E-state index contributed by atoms with van der Waals surface area (Å²) < 4.78 is 35.6. The number of hydrogen-bond donors (Lipinski definition) is 3. The van der Waals surface area contributed by atoms with Crippen molar-refractivity contribution in [1.82, 2.24) is 4.98 Å². The molecular formula is C23H18F2N2O5. The quantitative estimate of drug-likeness (QED) is 0.535. The maximum Gasteiger partial charge on any atom is 0.586 e. The Balaban J connectivity index is 1.39. The molecule has 3 aromatic rings. The van der Waals surface area contributed by atoms with Crippen molar-refractivity contribution < 1.29 is 33.0 Å². The van der Waals surface area contributed by atoms with Crippen LogP contribution in [0.2, 0.25) is 0 Å². The van der Waals surface area contributed by atoms with Crippen molar-refractivity contribution in [3.05, 3.63) is 65.5 Å². The Hall–Kier alpha value is -3.88. The highest BCUT2D eigenvalue weighted by Crippen LogP contribution is 2.52. The standard InChI is InChI=1S/C23H18F2N2O5/c1-12-2-4-15(10-16(12)13-8-17(20(28)29)26-11-13)27-21(30)22(6-7-22)14-3-5-18-19(9-14)32-23(24,25)31-18/h2-5,8-11,26H,6-7H2,1H3,(H,27,30)(H,28,29). The summed E-state index contributed by atoms with van der Waals surface area (Å²) in [5, 5.41) is 12.0. The largest absolute Gasteiger partial charge is 0.586 e. The van der Waals surface area contributed by atoms with Gasteiger partial charge in [-0.15, -0.1) is 8.78 Å². The van der Waals surface area contributed by atoms with Crippen LogP contribution in [0.15, 0.2) is 48.7 Å². The van der Waals surface area contributed by atoms with Gasteiger partial charge >= 0.3 is 12.3 Å². The maximum absolute atomic E-state index is 13.3. The van der Waals surface area contributed by atoms with Crippen molar-refractivity contribution in [2.75, 3.05) is 5.32 Å². The SMILES string of the molecule is Cc1ccc(NC(=O)C2(c3ccc4c(c3)OC(F)(F)O4)CC2)cc1-c1c[nH]c(C(=O)O)c1. The highest BCUT2D eigenvalue weighted by Gasteiger charge is 2.52. The number of aromatic carboxylic acids is 1. The topological polar surface area (TPSA) is 101 Å². The fourth-order valence-electron chi connectivity index (χ4n) is 3.95. The smallest absolute Gasteiger partial charge is 0.477 e. The molecule has 0 unspecified atom stereocenters. The number of carbonyl (C=O) groups excluding carboxylic acids is 1. The van der Waals surface area contributed by atoms with E-state index in [-0.39, 0.29) is 23.1 Å². The van der Waals surface area contributed by atoms with E-state index >= 15 is 0 Å². The second kappa shape index (κ2) is 6.81. The molecule has 1 amide bonds. The van der Waals surface area contributed by atoms with E-state index in [2.05, 4.69) is 19.8 Å². The molecule has 5 rings (SSSR count). The van der Waals surface area contributed by atoms with Crippen LogP contribution < -0.4 is 14.8 Å². The second-order valence-corrected chi connectivity index (χ2v) is 8.00. The molecule has 0 radical (unpaired) electrons. The number of carboxylic acid groups (broad SMARTS) is 1. The van der Waals surface area contributed by atoms with Gasteiger partial charge in [0.05, 0.1) is 5.41 Å². The van der Waals surface area contributed by atoms with Crippen LogP contribution in [0.4, 0.5) is 14.5 Å². The number of aryl methyl sites for hydroxylation is 1. The Bertz CT molecular complexity index is 1260. The van der Waals surface area contributed by atoms with Crippen molar-refractivity contribution in [2.24, 2.45) is 0 Å². The van der Waals surface area contributed by atoms with Gasteiger partial charge in [-0.2, -0.15) is 0 Å². The van der Waals surface area contributed by atoms with E-state index in [4.69, 9.17) is 5.11 Å². The van der Waals surface area contributed by atoms with E-state index in [1.165, 1.54) is 18.2 Å². The van der Waals surface area contributed by atoms with Crippen LogP contribution in [0.5, 0.6) is 11.5 Å².